The number of alkyl carbamates (subject to hydrolysis) is 1. The van der Waals surface area contributed by atoms with Gasteiger partial charge in [0.1, 0.15) is 17.4 Å². The van der Waals surface area contributed by atoms with Crippen LogP contribution in [0.4, 0.5) is 4.79 Å². The normalized spacial score (nSPS) is 11.3. The number of esters is 1. The molecule has 0 aliphatic rings. The zero-order valence-corrected chi connectivity index (χ0v) is 14.7. The molecule has 0 heterocycles. The third kappa shape index (κ3) is 11.1. The van der Waals surface area contributed by atoms with Crippen LogP contribution in [0.3, 0.4) is 0 Å². The molecular weight excluding hydrogens is 310 g/mol. The second-order valence-electron chi connectivity index (χ2n) is 5.81. The first-order valence-electron chi connectivity index (χ1n) is 7.70. The molecular formula is C18H27NO5. The fraction of sp³-hybridized carbons (Fsp3) is 0.444. The number of hydrogen-bond acceptors (Lipinski definition) is 5. The largest absolute Gasteiger partial charge is 0.508 e. The van der Waals surface area contributed by atoms with Crippen molar-refractivity contribution in [2.45, 2.75) is 45.8 Å². The summed E-state index contributed by atoms with van der Waals surface area (Å²) in [4.78, 5) is 23.0. The molecule has 1 atom stereocenters. The van der Waals surface area contributed by atoms with Crippen LogP contribution in [0.15, 0.2) is 43.0 Å². The maximum Gasteiger partial charge on any atom is 0.408 e. The van der Waals surface area contributed by atoms with Crippen LogP contribution >= 0.6 is 0 Å². The molecule has 0 bridgehead atoms. The second-order valence-corrected chi connectivity index (χ2v) is 5.81. The minimum atomic E-state index is -0.748. The van der Waals surface area contributed by atoms with E-state index in [0.717, 1.165) is 0 Å². The van der Waals surface area contributed by atoms with E-state index in [4.69, 9.17) is 14.6 Å². The standard InChI is InChI=1S/C12H21NO4.C6H6O/c1-6-8-9(10(14)16-7-2)13-11(15)17-12(3,4)5;7-6-4-2-1-3-5-6/h6,9H,1,7-8H2,2-5H3,(H,13,15);1-5,7H. The maximum atomic E-state index is 11.5. The van der Waals surface area contributed by atoms with Gasteiger partial charge in [-0.2, -0.15) is 0 Å². The SMILES string of the molecule is C=CCC(NC(=O)OC(C)(C)C)C(=O)OCC.Oc1ccccc1. The monoisotopic (exact) mass is 337 g/mol. The summed E-state index contributed by atoms with van der Waals surface area (Å²) in [6, 6.07) is 7.96. The lowest BCUT2D eigenvalue weighted by Crippen LogP contribution is -2.44. The van der Waals surface area contributed by atoms with E-state index >= 15 is 0 Å². The maximum absolute atomic E-state index is 11.5. The lowest BCUT2D eigenvalue weighted by molar-refractivity contribution is -0.145. The quantitative estimate of drug-likeness (QED) is 0.635. The van der Waals surface area contributed by atoms with Gasteiger partial charge in [-0.15, -0.1) is 6.58 Å². The van der Waals surface area contributed by atoms with Gasteiger partial charge in [-0.05, 0) is 46.2 Å². The van der Waals surface area contributed by atoms with Crippen LogP contribution in [0.5, 0.6) is 5.75 Å². The molecule has 24 heavy (non-hydrogen) atoms. The van der Waals surface area contributed by atoms with E-state index in [1.54, 1.807) is 58.0 Å². The molecule has 2 N–H and O–H groups in total. The number of carbonyl (C=O) groups excluding carboxylic acids is 2. The summed E-state index contributed by atoms with van der Waals surface area (Å²) in [6.45, 7) is 10.7. The van der Waals surface area contributed by atoms with Crippen molar-refractivity contribution in [3.05, 3.63) is 43.0 Å². The summed E-state index contributed by atoms with van der Waals surface area (Å²) in [5, 5.41) is 11.1. The van der Waals surface area contributed by atoms with Gasteiger partial charge in [0.05, 0.1) is 6.61 Å². The van der Waals surface area contributed by atoms with Crippen molar-refractivity contribution in [3.63, 3.8) is 0 Å². The molecule has 0 spiro atoms. The summed E-state index contributed by atoms with van der Waals surface area (Å²) in [6.07, 6.45) is 1.20. The molecule has 0 radical (unpaired) electrons. The van der Waals surface area contributed by atoms with Gasteiger partial charge < -0.3 is 19.9 Å². The van der Waals surface area contributed by atoms with Gasteiger partial charge in [0, 0.05) is 0 Å². The summed E-state index contributed by atoms with van der Waals surface area (Å²) in [5.41, 5.74) is -0.600. The zero-order valence-electron chi connectivity index (χ0n) is 14.7. The molecule has 1 unspecified atom stereocenters. The lowest BCUT2D eigenvalue weighted by atomic mass is 10.2. The fourth-order valence-corrected chi connectivity index (χ4v) is 1.50. The van der Waals surface area contributed by atoms with Gasteiger partial charge in [0.2, 0.25) is 0 Å². The van der Waals surface area contributed by atoms with Crippen molar-refractivity contribution in [2.24, 2.45) is 0 Å². The van der Waals surface area contributed by atoms with E-state index in [0.29, 0.717) is 12.2 Å². The average molecular weight is 337 g/mol. The number of phenols is 1. The number of phenolic OH excluding ortho intramolecular Hbond substituents is 1. The summed E-state index contributed by atoms with van der Waals surface area (Å²) in [5.74, 6) is -0.166. The highest BCUT2D eigenvalue weighted by Crippen LogP contribution is 2.07. The minimum absolute atomic E-state index is 0.266. The highest BCUT2D eigenvalue weighted by Gasteiger charge is 2.24. The predicted molar refractivity (Wildman–Crippen MR) is 92.7 cm³/mol. The highest BCUT2D eigenvalue weighted by atomic mass is 16.6. The van der Waals surface area contributed by atoms with Gasteiger partial charge in [0.15, 0.2) is 0 Å². The van der Waals surface area contributed by atoms with Crippen molar-refractivity contribution in [1.82, 2.24) is 5.32 Å². The van der Waals surface area contributed by atoms with Crippen LogP contribution in [-0.2, 0) is 14.3 Å². The molecule has 6 nitrogen and oxygen atoms in total. The van der Waals surface area contributed by atoms with E-state index in [-0.39, 0.29) is 6.61 Å². The summed E-state index contributed by atoms with van der Waals surface area (Å²) in [7, 11) is 0. The Kier molecular flexibility index (Phi) is 9.94. The van der Waals surface area contributed by atoms with Crippen LogP contribution in [0.2, 0.25) is 0 Å². The number of amides is 1. The first kappa shape index (κ1) is 21.5. The minimum Gasteiger partial charge on any atom is -0.508 e. The Hall–Kier alpha value is -2.50. The van der Waals surface area contributed by atoms with Crippen molar-refractivity contribution < 1.29 is 24.2 Å². The third-order valence-electron chi connectivity index (χ3n) is 2.42. The smallest absolute Gasteiger partial charge is 0.408 e. The molecule has 1 aromatic rings. The molecule has 0 saturated heterocycles. The Morgan fingerprint density at radius 2 is 1.88 bits per heavy atom. The predicted octanol–water partition coefficient (Wildman–Crippen LogP) is 3.41. The number of benzene rings is 1. The van der Waals surface area contributed by atoms with E-state index in [9.17, 15) is 9.59 Å². The molecule has 0 aliphatic carbocycles. The van der Waals surface area contributed by atoms with Gasteiger partial charge in [0.25, 0.3) is 0 Å². The molecule has 0 aromatic heterocycles. The number of aromatic hydroxyl groups is 1. The van der Waals surface area contributed by atoms with Crippen molar-refractivity contribution in [2.75, 3.05) is 6.61 Å². The zero-order chi connectivity index (χ0) is 18.6. The van der Waals surface area contributed by atoms with Gasteiger partial charge in [-0.3, -0.25) is 0 Å². The van der Waals surface area contributed by atoms with Crippen molar-refractivity contribution in [1.29, 1.82) is 0 Å². The third-order valence-corrected chi connectivity index (χ3v) is 2.42. The molecule has 134 valence electrons. The van der Waals surface area contributed by atoms with Crippen LogP contribution in [0.25, 0.3) is 0 Å². The highest BCUT2D eigenvalue weighted by molar-refractivity contribution is 5.81. The van der Waals surface area contributed by atoms with Crippen LogP contribution in [-0.4, -0.2) is 35.4 Å². The number of rotatable bonds is 5. The van der Waals surface area contributed by atoms with Crippen LogP contribution < -0.4 is 5.32 Å². The van der Waals surface area contributed by atoms with Crippen LogP contribution in [0, 0.1) is 0 Å². The Bertz CT molecular complexity index is 508. The van der Waals surface area contributed by atoms with Gasteiger partial charge >= 0.3 is 12.1 Å². The number of carbonyl (C=O) groups is 2. The molecule has 1 aromatic carbocycles. The fourth-order valence-electron chi connectivity index (χ4n) is 1.50. The molecule has 0 saturated carbocycles. The van der Waals surface area contributed by atoms with Crippen LogP contribution in [0.1, 0.15) is 34.1 Å². The van der Waals surface area contributed by atoms with Crippen molar-refractivity contribution >= 4 is 12.1 Å². The Labute approximate surface area is 143 Å². The summed E-state index contributed by atoms with van der Waals surface area (Å²) >= 11 is 0. The Balaban J connectivity index is 0.000000620. The molecule has 6 heteroatoms. The van der Waals surface area contributed by atoms with Crippen molar-refractivity contribution in [3.8, 4) is 5.75 Å². The molecule has 1 amide bonds. The Morgan fingerprint density at radius 1 is 1.29 bits per heavy atom. The Morgan fingerprint density at radius 3 is 2.25 bits per heavy atom. The van der Waals surface area contributed by atoms with E-state index in [2.05, 4.69) is 11.9 Å². The topological polar surface area (TPSA) is 84.9 Å². The second kappa shape index (κ2) is 11.1. The first-order chi connectivity index (χ1) is 11.2. The first-order valence-corrected chi connectivity index (χ1v) is 7.70. The molecule has 0 fully saturated rings. The van der Waals surface area contributed by atoms with E-state index in [1.807, 2.05) is 6.07 Å². The van der Waals surface area contributed by atoms with Gasteiger partial charge in [-0.1, -0.05) is 24.3 Å². The number of hydrogen-bond donors (Lipinski definition) is 2. The van der Waals surface area contributed by atoms with E-state index < -0.39 is 23.7 Å². The average Bonchev–Trinajstić information content (AvgIpc) is 2.46. The lowest BCUT2D eigenvalue weighted by Gasteiger charge is -2.22. The molecule has 0 aliphatic heterocycles. The number of para-hydroxylation sites is 1. The number of nitrogens with one attached hydrogen (secondary N) is 1. The number of ether oxygens (including phenoxy) is 2. The molecule has 1 rings (SSSR count). The summed E-state index contributed by atoms with van der Waals surface area (Å²) < 4.78 is 9.88. The van der Waals surface area contributed by atoms with E-state index in [1.165, 1.54) is 0 Å². The van der Waals surface area contributed by atoms with Gasteiger partial charge in [-0.25, -0.2) is 9.59 Å².